The smallest absolute Gasteiger partial charge is 0.254 e. The molecule has 0 saturated carbocycles. The highest BCUT2D eigenvalue weighted by Crippen LogP contribution is 2.53. The van der Waals surface area contributed by atoms with E-state index in [1.807, 2.05) is 0 Å². The van der Waals surface area contributed by atoms with Gasteiger partial charge in [-0.3, -0.25) is 5.10 Å². The van der Waals surface area contributed by atoms with Gasteiger partial charge in [-0.25, -0.2) is 0 Å². The van der Waals surface area contributed by atoms with Crippen LogP contribution >= 0.6 is 11.8 Å². The highest BCUT2D eigenvalue weighted by molar-refractivity contribution is 8.00. The molecule has 0 amide bonds. The highest BCUT2D eigenvalue weighted by Gasteiger charge is 2.74. The number of hydrogen-bond donors (Lipinski definition) is 1. The third kappa shape index (κ3) is 3.09. The first-order valence-corrected chi connectivity index (χ1v) is 5.01. The first-order valence-electron chi connectivity index (χ1n) is 4.19. The van der Waals surface area contributed by atoms with Crippen molar-refractivity contribution in [2.75, 3.05) is 0 Å². The van der Waals surface area contributed by atoms with E-state index in [-0.39, 0.29) is 0 Å². The normalized spacial score (nSPS) is 14.7. The van der Waals surface area contributed by atoms with Crippen molar-refractivity contribution in [3.05, 3.63) is 5.82 Å². The molecule has 0 unspecified atom stereocenters. The lowest BCUT2D eigenvalue weighted by Gasteiger charge is -2.26. The number of hydrogen-bond acceptors (Lipinski definition) is 3. The van der Waals surface area contributed by atoms with Crippen molar-refractivity contribution >= 4 is 11.8 Å². The van der Waals surface area contributed by atoms with Crippen LogP contribution in [0.2, 0.25) is 0 Å². The van der Waals surface area contributed by atoms with Gasteiger partial charge in [0.2, 0.25) is 11.0 Å². The van der Waals surface area contributed by atoms with Gasteiger partial charge in [0.05, 0.1) is 0 Å². The zero-order valence-corrected chi connectivity index (χ0v) is 9.40. The molecular formula is C6HF10N3S. The SMILES string of the molecule is FC(F)(F)c1nc(SC(F)(F)C(F)(F)C(F)(F)F)n[nH]1. The van der Waals surface area contributed by atoms with Crippen LogP contribution < -0.4 is 0 Å². The monoisotopic (exact) mass is 337 g/mol. The molecule has 0 fully saturated rings. The largest absolute Gasteiger partial charge is 0.460 e. The quantitative estimate of drug-likeness (QED) is 0.675. The summed E-state index contributed by atoms with van der Waals surface area (Å²) in [5.74, 6) is -8.38. The molecule has 116 valence electrons. The summed E-state index contributed by atoms with van der Waals surface area (Å²) in [4.78, 5) is 2.35. The van der Waals surface area contributed by atoms with Gasteiger partial charge in [-0.1, -0.05) is 0 Å². The first kappa shape index (κ1) is 16.8. The lowest BCUT2D eigenvalue weighted by molar-refractivity contribution is -0.330. The van der Waals surface area contributed by atoms with Crippen LogP contribution in [0.4, 0.5) is 43.9 Å². The lowest BCUT2D eigenvalue weighted by atomic mass is 10.3. The Hall–Kier alpha value is -1.21. The fourth-order valence-electron chi connectivity index (χ4n) is 0.763. The maximum atomic E-state index is 12.8. The van der Waals surface area contributed by atoms with E-state index in [0.717, 1.165) is 5.10 Å². The van der Waals surface area contributed by atoms with Crippen LogP contribution in [0, 0.1) is 0 Å². The maximum absolute atomic E-state index is 12.8. The number of alkyl halides is 10. The van der Waals surface area contributed by atoms with Crippen molar-refractivity contribution in [2.24, 2.45) is 0 Å². The second-order valence-corrected chi connectivity index (χ2v) is 4.24. The third-order valence-electron chi connectivity index (χ3n) is 1.67. The summed E-state index contributed by atoms with van der Waals surface area (Å²) in [6.07, 6.45) is -11.7. The van der Waals surface area contributed by atoms with Crippen molar-refractivity contribution < 1.29 is 43.9 Å². The molecule has 0 bridgehead atoms. The molecule has 0 saturated heterocycles. The van der Waals surface area contributed by atoms with E-state index < -0.39 is 46.3 Å². The fraction of sp³-hybridized carbons (Fsp3) is 0.667. The molecule has 1 N–H and O–H groups in total. The molecule has 1 rings (SSSR count). The molecule has 3 nitrogen and oxygen atoms in total. The second kappa shape index (κ2) is 4.66. The third-order valence-corrected chi connectivity index (χ3v) is 2.55. The summed E-state index contributed by atoms with van der Waals surface area (Å²) < 4.78 is 122. The van der Waals surface area contributed by atoms with Crippen molar-refractivity contribution in [3.63, 3.8) is 0 Å². The molecule has 0 aliphatic heterocycles. The molecular weight excluding hydrogens is 336 g/mol. The number of nitrogens with one attached hydrogen (secondary N) is 1. The second-order valence-electron chi connectivity index (χ2n) is 3.16. The van der Waals surface area contributed by atoms with Crippen LogP contribution in [0.5, 0.6) is 0 Å². The Kier molecular flexibility index (Phi) is 3.93. The van der Waals surface area contributed by atoms with Crippen molar-refractivity contribution in [3.8, 4) is 0 Å². The molecule has 0 aliphatic rings. The number of thioether (sulfide) groups is 1. The van der Waals surface area contributed by atoms with Crippen LogP contribution in [-0.2, 0) is 6.18 Å². The van der Waals surface area contributed by atoms with Gasteiger partial charge in [-0.05, 0) is 11.8 Å². The highest BCUT2D eigenvalue weighted by atomic mass is 32.2. The zero-order valence-electron chi connectivity index (χ0n) is 8.58. The van der Waals surface area contributed by atoms with Crippen LogP contribution in [0.25, 0.3) is 0 Å². The molecule has 0 aromatic carbocycles. The van der Waals surface area contributed by atoms with E-state index in [4.69, 9.17) is 0 Å². The molecule has 1 aromatic heterocycles. The average Bonchev–Trinajstić information content (AvgIpc) is 2.62. The van der Waals surface area contributed by atoms with Crippen LogP contribution in [-0.4, -0.2) is 32.5 Å². The van der Waals surface area contributed by atoms with E-state index >= 15 is 0 Å². The van der Waals surface area contributed by atoms with Crippen LogP contribution in [0.15, 0.2) is 5.16 Å². The Labute approximate surface area is 106 Å². The summed E-state index contributed by atoms with van der Waals surface area (Å²) in [5, 5.41) is -3.81. The van der Waals surface area contributed by atoms with E-state index in [1.54, 1.807) is 0 Å². The lowest BCUT2D eigenvalue weighted by Crippen LogP contribution is -2.50. The van der Waals surface area contributed by atoms with Gasteiger partial charge in [0, 0.05) is 0 Å². The predicted molar refractivity (Wildman–Crippen MR) is 43.2 cm³/mol. The fourth-order valence-corrected chi connectivity index (χ4v) is 1.46. The topological polar surface area (TPSA) is 41.6 Å². The average molecular weight is 337 g/mol. The standard InChI is InChI=1S/C6HF10N3S/c7-3(8,9)1-17-2(19-18-1)20-6(15,16)4(10,11)5(12,13)14/h(H,17,18,19). The Balaban J connectivity index is 3.00. The minimum absolute atomic E-state index is 1.09. The summed E-state index contributed by atoms with van der Waals surface area (Å²) in [6.45, 7) is 0. The first-order chi connectivity index (χ1) is 8.68. The Morgan fingerprint density at radius 3 is 1.70 bits per heavy atom. The van der Waals surface area contributed by atoms with Crippen molar-refractivity contribution in [2.45, 2.75) is 28.7 Å². The number of nitrogens with zero attached hydrogens (tertiary/aromatic N) is 2. The summed E-state index contributed by atoms with van der Waals surface area (Å²) >= 11 is -1.54. The molecule has 0 radical (unpaired) electrons. The van der Waals surface area contributed by atoms with Gasteiger partial charge in [-0.2, -0.15) is 48.9 Å². The zero-order chi connectivity index (χ0) is 16.0. The molecule has 1 aromatic rings. The number of halogens is 10. The Morgan fingerprint density at radius 2 is 1.35 bits per heavy atom. The van der Waals surface area contributed by atoms with Gasteiger partial charge < -0.3 is 0 Å². The molecule has 14 heteroatoms. The number of aromatic amines is 1. The minimum Gasteiger partial charge on any atom is -0.254 e. The van der Waals surface area contributed by atoms with Crippen molar-refractivity contribution in [1.29, 1.82) is 0 Å². The van der Waals surface area contributed by atoms with Crippen molar-refractivity contribution in [1.82, 2.24) is 15.2 Å². The Bertz CT molecular complexity index is 474. The maximum Gasteiger partial charge on any atom is 0.460 e. The molecule has 0 aliphatic carbocycles. The number of rotatable bonds is 3. The van der Waals surface area contributed by atoms with Gasteiger partial charge in [-0.15, -0.1) is 5.10 Å². The minimum atomic E-state index is -6.59. The van der Waals surface area contributed by atoms with E-state index in [0.29, 0.717) is 0 Å². The van der Waals surface area contributed by atoms with Gasteiger partial charge in [0.25, 0.3) is 0 Å². The summed E-state index contributed by atoms with van der Waals surface area (Å²) in [6, 6.07) is 0. The van der Waals surface area contributed by atoms with Crippen LogP contribution in [0.1, 0.15) is 5.82 Å². The summed E-state index contributed by atoms with van der Waals surface area (Å²) in [7, 11) is 0. The Morgan fingerprint density at radius 1 is 0.850 bits per heavy atom. The number of H-pyrrole nitrogens is 1. The molecule has 0 atom stereocenters. The molecule has 0 spiro atoms. The predicted octanol–water partition coefficient (Wildman–Crippen LogP) is 3.71. The van der Waals surface area contributed by atoms with Gasteiger partial charge >= 0.3 is 23.5 Å². The van der Waals surface area contributed by atoms with E-state index in [2.05, 4.69) is 10.1 Å². The summed E-state index contributed by atoms with van der Waals surface area (Å²) in [5.41, 5.74) is 0. The molecule has 20 heavy (non-hydrogen) atoms. The van der Waals surface area contributed by atoms with Gasteiger partial charge in [0.15, 0.2) is 0 Å². The van der Waals surface area contributed by atoms with E-state index in [9.17, 15) is 43.9 Å². The number of aromatic nitrogens is 3. The van der Waals surface area contributed by atoms with Crippen LogP contribution in [0.3, 0.4) is 0 Å². The molecule has 1 heterocycles. The van der Waals surface area contributed by atoms with Gasteiger partial charge in [0.1, 0.15) is 0 Å². The van der Waals surface area contributed by atoms with E-state index in [1.165, 1.54) is 0 Å².